The Labute approximate surface area is 228 Å². The summed E-state index contributed by atoms with van der Waals surface area (Å²) in [5.41, 5.74) is 6.98. The maximum Gasteiger partial charge on any atom is 0.258 e. The average Bonchev–Trinajstić information content (AvgIpc) is 3.09. The lowest BCUT2D eigenvalue weighted by Crippen LogP contribution is -2.48. The molecule has 0 bridgehead atoms. The lowest BCUT2D eigenvalue weighted by atomic mass is 9.93. The third-order valence-electron chi connectivity index (χ3n) is 7.78. The summed E-state index contributed by atoms with van der Waals surface area (Å²) < 4.78 is 5.48. The zero-order valence-corrected chi connectivity index (χ0v) is 22.0. The van der Waals surface area contributed by atoms with Crippen molar-refractivity contribution in [2.45, 2.75) is 6.04 Å². The molecule has 1 unspecified atom stereocenters. The number of benzene rings is 3. The van der Waals surface area contributed by atoms with Gasteiger partial charge in [-0.2, -0.15) is 5.26 Å². The molecule has 3 heterocycles. The molecule has 6 rings (SSSR count). The maximum atomic E-state index is 13.4. The number of hydrogen-bond acceptors (Lipinski definition) is 6. The number of pyridine rings is 1. The number of nitriles is 1. The number of nitrogens with zero attached hydrogens (tertiary/aromatic N) is 5. The Morgan fingerprint density at radius 3 is 2.41 bits per heavy atom. The predicted octanol–water partition coefficient (Wildman–Crippen LogP) is 5.13. The van der Waals surface area contributed by atoms with Crippen LogP contribution in [-0.4, -0.2) is 56.1 Å². The minimum atomic E-state index is -0.0251. The van der Waals surface area contributed by atoms with Gasteiger partial charge in [-0.25, -0.2) is 0 Å². The van der Waals surface area contributed by atoms with Crippen LogP contribution >= 0.6 is 0 Å². The van der Waals surface area contributed by atoms with E-state index in [1.807, 2.05) is 73.8 Å². The highest BCUT2D eigenvalue weighted by molar-refractivity contribution is 6.08. The third kappa shape index (κ3) is 4.29. The van der Waals surface area contributed by atoms with Crippen molar-refractivity contribution in [1.29, 1.82) is 5.26 Å². The van der Waals surface area contributed by atoms with E-state index in [1.54, 1.807) is 18.2 Å². The fraction of sp³-hybridized carbons (Fsp3) is 0.219. The van der Waals surface area contributed by atoms with E-state index in [0.29, 0.717) is 11.3 Å². The minimum Gasteiger partial charge on any atom is -0.494 e. The molecule has 1 atom stereocenters. The van der Waals surface area contributed by atoms with Crippen LogP contribution < -0.4 is 14.5 Å². The Morgan fingerprint density at radius 1 is 0.897 bits per heavy atom. The molecule has 3 aromatic carbocycles. The molecule has 1 saturated heterocycles. The molecule has 1 fully saturated rings. The van der Waals surface area contributed by atoms with Gasteiger partial charge < -0.3 is 14.5 Å². The molecule has 0 aliphatic carbocycles. The molecule has 0 radical (unpaired) electrons. The highest BCUT2D eigenvalue weighted by Gasteiger charge is 2.35. The molecule has 1 aromatic heterocycles. The molecule has 4 aromatic rings. The Kier molecular flexibility index (Phi) is 6.47. The summed E-state index contributed by atoms with van der Waals surface area (Å²) in [4.78, 5) is 24.3. The van der Waals surface area contributed by atoms with E-state index < -0.39 is 0 Å². The highest BCUT2D eigenvalue weighted by Crippen LogP contribution is 2.41. The quantitative estimate of drug-likeness (QED) is 0.375. The van der Waals surface area contributed by atoms with E-state index in [4.69, 9.17) is 4.74 Å². The molecule has 2 aliphatic heterocycles. The second kappa shape index (κ2) is 10.2. The molecule has 2 aliphatic rings. The van der Waals surface area contributed by atoms with E-state index in [9.17, 15) is 10.1 Å². The van der Waals surface area contributed by atoms with Gasteiger partial charge in [-0.15, -0.1) is 0 Å². The molecule has 0 saturated carbocycles. The van der Waals surface area contributed by atoms with Crippen LogP contribution in [0, 0.1) is 11.3 Å². The lowest BCUT2D eigenvalue weighted by Gasteiger charge is -2.41. The number of carbonyl (C=O) groups excluding carboxylic acids is 1. The van der Waals surface area contributed by atoms with Crippen molar-refractivity contribution in [2.75, 3.05) is 50.1 Å². The number of carbonyl (C=O) groups is 1. The van der Waals surface area contributed by atoms with Crippen molar-refractivity contribution in [3.8, 4) is 23.1 Å². The van der Waals surface area contributed by atoms with Crippen molar-refractivity contribution >= 4 is 17.3 Å². The molecular formula is C32H29N5O2. The van der Waals surface area contributed by atoms with Crippen molar-refractivity contribution in [3.05, 3.63) is 107 Å². The Hall–Kier alpha value is -4.67. The molecule has 39 heavy (non-hydrogen) atoms. The number of para-hydroxylation sites is 1. The third-order valence-corrected chi connectivity index (χ3v) is 7.78. The first-order valence-electron chi connectivity index (χ1n) is 13.1. The zero-order chi connectivity index (χ0) is 26.9. The number of ether oxygens (including phenoxy) is 1. The largest absolute Gasteiger partial charge is 0.494 e. The van der Waals surface area contributed by atoms with Gasteiger partial charge in [0.05, 0.1) is 24.4 Å². The van der Waals surface area contributed by atoms with E-state index in [2.05, 4.69) is 33.0 Å². The average molecular weight is 516 g/mol. The number of methoxy groups -OCH3 is 1. The topological polar surface area (TPSA) is 72.7 Å². The van der Waals surface area contributed by atoms with Gasteiger partial charge in [-0.1, -0.05) is 42.5 Å². The van der Waals surface area contributed by atoms with Crippen molar-refractivity contribution in [2.24, 2.45) is 0 Å². The summed E-state index contributed by atoms with van der Waals surface area (Å²) >= 11 is 0. The Bertz CT molecular complexity index is 1590. The van der Waals surface area contributed by atoms with Crippen molar-refractivity contribution < 1.29 is 9.53 Å². The molecule has 7 heteroatoms. The van der Waals surface area contributed by atoms with Gasteiger partial charge in [0.15, 0.2) is 0 Å². The monoisotopic (exact) mass is 515 g/mol. The van der Waals surface area contributed by atoms with Gasteiger partial charge >= 0.3 is 0 Å². The van der Waals surface area contributed by atoms with Gasteiger partial charge in [0.2, 0.25) is 0 Å². The second-order valence-corrected chi connectivity index (χ2v) is 9.83. The lowest BCUT2D eigenvalue weighted by molar-refractivity contribution is 0.0992. The number of anilines is 2. The van der Waals surface area contributed by atoms with Crippen LogP contribution in [0.25, 0.3) is 11.3 Å². The number of rotatable bonds is 4. The number of hydrogen-bond donors (Lipinski definition) is 0. The van der Waals surface area contributed by atoms with Crippen LogP contribution in [0.5, 0.6) is 5.75 Å². The van der Waals surface area contributed by atoms with Crippen LogP contribution in [0.2, 0.25) is 0 Å². The normalized spacial score (nSPS) is 17.2. The summed E-state index contributed by atoms with van der Waals surface area (Å²) in [5, 5.41) is 10.0. The summed E-state index contributed by atoms with van der Waals surface area (Å²) in [6.07, 6.45) is 1.73. The first-order chi connectivity index (χ1) is 19.1. The summed E-state index contributed by atoms with van der Waals surface area (Å²) in [7, 11) is 3.48. The Morgan fingerprint density at radius 2 is 1.64 bits per heavy atom. The second-order valence-electron chi connectivity index (χ2n) is 9.83. The van der Waals surface area contributed by atoms with Gasteiger partial charge in [-0.3, -0.25) is 14.7 Å². The van der Waals surface area contributed by atoms with Gasteiger partial charge in [0.1, 0.15) is 17.5 Å². The molecule has 0 spiro atoms. The highest BCUT2D eigenvalue weighted by atomic mass is 16.5. The number of fused-ring (bicyclic) bond motifs is 2. The first kappa shape index (κ1) is 24.7. The fourth-order valence-corrected chi connectivity index (χ4v) is 5.85. The van der Waals surface area contributed by atoms with E-state index in [-0.39, 0.29) is 11.9 Å². The smallest absolute Gasteiger partial charge is 0.258 e. The summed E-state index contributed by atoms with van der Waals surface area (Å²) in [5.74, 6) is 0.693. The SMILES string of the molecule is COc1cccnc1-c1ccc(N2CCN(C3c4ccccc4C(=O)N(C)c4ccccc43)CC2)c(C#N)c1. The molecule has 194 valence electrons. The molecular weight excluding hydrogens is 486 g/mol. The van der Waals surface area contributed by atoms with E-state index in [0.717, 1.165) is 65.5 Å². The summed E-state index contributed by atoms with van der Waals surface area (Å²) in [6.45, 7) is 3.13. The van der Waals surface area contributed by atoms with Crippen molar-refractivity contribution in [1.82, 2.24) is 9.88 Å². The Balaban J connectivity index is 1.29. The van der Waals surface area contributed by atoms with Crippen LogP contribution in [-0.2, 0) is 0 Å². The van der Waals surface area contributed by atoms with Gasteiger partial charge in [0, 0.05) is 56.2 Å². The standard InChI is InChI=1S/C32H29N5O2/c1-35-28-11-6-5-10-26(28)31(24-8-3-4-9-25(24)32(35)38)37-18-16-36(17-19-37)27-14-13-22(20-23(27)21-33)30-29(39-2)12-7-15-34-30/h3-15,20,31H,16-19H2,1-2H3. The van der Waals surface area contributed by atoms with E-state index in [1.165, 1.54) is 0 Å². The van der Waals surface area contributed by atoms with Gasteiger partial charge in [0.25, 0.3) is 5.91 Å². The molecule has 7 nitrogen and oxygen atoms in total. The van der Waals surface area contributed by atoms with Gasteiger partial charge in [-0.05, 0) is 47.5 Å². The van der Waals surface area contributed by atoms with Crippen LogP contribution in [0.4, 0.5) is 11.4 Å². The van der Waals surface area contributed by atoms with Crippen LogP contribution in [0.3, 0.4) is 0 Å². The minimum absolute atomic E-state index is 0.0162. The van der Waals surface area contributed by atoms with E-state index >= 15 is 0 Å². The zero-order valence-electron chi connectivity index (χ0n) is 22.0. The molecule has 1 amide bonds. The molecule has 0 N–H and O–H groups in total. The van der Waals surface area contributed by atoms with Crippen LogP contribution in [0.15, 0.2) is 85.1 Å². The van der Waals surface area contributed by atoms with Crippen LogP contribution in [0.1, 0.15) is 33.1 Å². The maximum absolute atomic E-state index is 13.4. The first-order valence-corrected chi connectivity index (χ1v) is 13.1. The number of piperazine rings is 1. The fourth-order valence-electron chi connectivity index (χ4n) is 5.85. The summed E-state index contributed by atoms with van der Waals surface area (Å²) in [6, 6.07) is 28.1. The van der Waals surface area contributed by atoms with Crippen molar-refractivity contribution in [3.63, 3.8) is 0 Å². The number of amides is 1. The predicted molar refractivity (Wildman–Crippen MR) is 152 cm³/mol. The number of aromatic nitrogens is 1.